The summed E-state index contributed by atoms with van der Waals surface area (Å²) in [6, 6.07) is 0. The Kier molecular flexibility index (Phi) is 4.47. The van der Waals surface area contributed by atoms with Crippen molar-refractivity contribution in [1.82, 2.24) is 4.98 Å². The number of aromatic nitrogens is 1. The highest BCUT2D eigenvalue weighted by molar-refractivity contribution is 7.99. The number of rotatable bonds is 4. The van der Waals surface area contributed by atoms with Gasteiger partial charge in [-0.05, 0) is 12.8 Å². The van der Waals surface area contributed by atoms with E-state index in [2.05, 4.69) is 4.98 Å². The van der Waals surface area contributed by atoms with Gasteiger partial charge in [-0.2, -0.15) is 11.8 Å². The monoisotopic (exact) mass is 243 g/mol. The molecule has 1 N–H and O–H groups in total. The minimum Gasteiger partial charge on any atom is -0.391 e. The average molecular weight is 243 g/mol. The highest BCUT2D eigenvalue weighted by Crippen LogP contribution is 2.31. The Labute approximate surface area is 99.1 Å². The molecule has 0 bridgehead atoms. The molecule has 0 aliphatic heterocycles. The van der Waals surface area contributed by atoms with Crippen LogP contribution >= 0.6 is 23.1 Å². The molecule has 0 amide bonds. The van der Waals surface area contributed by atoms with E-state index in [0.717, 1.165) is 20.9 Å². The number of hydrogen-bond donors (Lipinski definition) is 1. The van der Waals surface area contributed by atoms with Gasteiger partial charge in [0.05, 0.1) is 11.5 Å². The van der Waals surface area contributed by atoms with E-state index in [9.17, 15) is 0 Å². The lowest BCUT2D eigenvalue weighted by Crippen LogP contribution is -2.07. The highest BCUT2D eigenvalue weighted by Gasteiger charge is 2.14. The van der Waals surface area contributed by atoms with Gasteiger partial charge in [-0.3, -0.25) is 0 Å². The van der Waals surface area contributed by atoms with Crippen LogP contribution in [0, 0.1) is 0 Å². The maximum atomic E-state index is 8.93. The lowest BCUT2D eigenvalue weighted by molar-refractivity contribution is 0.285. The maximum absolute atomic E-state index is 8.93. The number of aliphatic hydroxyl groups is 1. The molecule has 0 spiro atoms. The zero-order chi connectivity index (χ0) is 10.5. The summed E-state index contributed by atoms with van der Waals surface area (Å²) in [5, 5.41) is 10.9. The fraction of sp³-hybridized carbons (Fsp3) is 0.727. The largest absolute Gasteiger partial charge is 0.391 e. The zero-order valence-corrected chi connectivity index (χ0v) is 10.4. The van der Waals surface area contributed by atoms with Crippen molar-refractivity contribution < 1.29 is 5.11 Å². The first-order chi connectivity index (χ1) is 7.38. The summed E-state index contributed by atoms with van der Waals surface area (Å²) in [6.07, 6.45) is 8.77. The van der Waals surface area contributed by atoms with E-state index in [4.69, 9.17) is 5.11 Å². The third kappa shape index (κ3) is 3.47. The average Bonchev–Trinajstić information content (AvgIpc) is 2.76. The summed E-state index contributed by atoms with van der Waals surface area (Å²) in [5.74, 6) is 1.02. The van der Waals surface area contributed by atoms with Gasteiger partial charge in [0.1, 0.15) is 5.01 Å². The number of nitrogens with zero attached hydrogens (tertiary/aromatic N) is 1. The fourth-order valence-corrected chi connectivity index (χ4v) is 4.05. The second-order valence-electron chi connectivity index (χ2n) is 3.95. The van der Waals surface area contributed by atoms with Crippen LogP contribution in [0.4, 0.5) is 0 Å². The third-order valence-electron chi connectivity index (χ3n) is 2.75. The van der Waals surface area contributed by atoms with Gasteiger partial charge in [0.2, 0.25) is 0 Å². The van der Waals surface area contributed by atoms with E-state index in [-0.39, 0.29) is 6.61 Å². The molecule has 1 aliphatic rings. The van der Waals surface area contributed by atoms with Crippen LogP contribution in [-0.4, -0.2) is 15.3 Å². The smallest absolute Gasteiger partial charge is 0.103 e. The number of thiazole rings is 1. The Hall–Kier alpha value is -0.0600. The van der Waals surface area contributed by atoms with Crippen molar-refractivity contribution in [2.75, 3.05) is 0 Å². The van der Waals surface area contributed by atoms with Crippen LogP contribution < -0.4 is 0 Å². The van der Waals surface area contributed by atoms with Crippen LogP contribution in [0.25, 0.3) is 0 Å². The summed E-state index contributed by atoms with van der Waals surface area (Å²) >= 11 is 3.68. The number of thioether (sulfide) groups is 1. The molecule has 1 saturated carbocycles. The minimum atomic E-state index is 0.131. The summed E-state index contributed by atoms with van der Waals surface area (Å²) in [5.41, 5.74) is 0. The topological polar surface area (TPSA) is 33.1 Å². The number of aliphatic hydroxyl groups excluding tert-OH is 1. The molecule has 2 rings (SSSR count). The lowest BCUT2D eigenvalue weighted by atomic mass is 10.0. The minimum absolute atomic E-state index is 0.131. The summed E-state index contributed by atoms with van der Waals surface area (Å²) in [4.78, 5) is 5.29. The maximum Gasteiger partial charge on any atom is 0.103 e. The van der Waals surface area contributed by atoms with Gasteiger partial charge in [0, 0.05) is 17.2 Å². The normalized spacial score (nSPS) is 18.2. The molecular formula is C11H17NOS2. The van der Waals surface area contributed by atoms with Gasteiger partial charge < -0.3 is 5.11 Å². The predicted molar refractivity (Wildman–Crippen MR) is 66.2 cm³/mol. The van der Waals surface area contributed by atoms with Crippen LogP contribution in [0.3, 0.4) is 0 Å². The molecule has 1 aliphatic carbocycles. The molecular weight excluding hydrogens is 226 g/mol. The molecule has 0 saturated heterocycles. The van der Waals surface area contributed by atoms with Crippen molar-refractivity contribution in [3.8, 4) is 0 Å². The van der Waals surface area contributed by atoms with E-state index >= 15 is 0 Å². The van der Waals surface area contributed by atoms with Crippen molar-refractivity contribution in [2.24, 2.45) is 0 Å². The molecule has 0 unspecified atom stereocenters. The molecule has 0 radical (unpaired) electrons. The van der Waals surface area contributed by atoms with Crippen molar-refractivity contribution >= 4 is 23.1 Å². The number of hydrogen-bond acceptors (Lipinski definition) is 4. The first kappa shape index (κ1) is 11.4. The van der Waals surface area contributed by atoms with Crippen LogP contribution in [0.5, 0.6) is 0 Å². The molecule has 2 nitrogen and oxygen atoms in total. The first-order valence-electron chi connectivity index (χ1n) is 5.54. The Bertz CT molecular complexity index is 295. The summed E-state index contributed by atoms with van der Waals surface area (Å²) in [6.45, 7) is 0.131. The Balaban J connectivity index is 1.76. The lowest BCUT2D eigenvalue weighted by Gasteiger charge is -2.20. The molecule has 1 aromatic heterocycles. The summed E-state index contributed by atoms with van der Waals surface area (Å²) in [7, 11) is 0. The van der Waals surface area contributed by atoms with Crippen LogP contribution in [0.2, 0.25) is 0 Å². The van der Waals surface area contributed by atoms with E-state index in [1.54, 1.807) is 17.5 Å². The van der Waals surface area contributed by atoms with Crippen LogP contribution in [0.15, 0.2) is 6.20 Å². The van der Waals surface area contributed by atoms with Gasteiger partial charge in [-0.1, -0.05) is 19.3 Å². The Morgan fingerprint density at radius 2 is 2.20 bits per heavy atom. The van der Waals surface area contributed by atoms with E-state index in [1.165, 1.54) is 32.1 Å². The molecule has 0 atom stereocenters. The molecule has 1 fully saturated rings. The van der Waals surface area contributed by atoms with E-state index < -0.39 is 0 Å². The fourth-order valence-electron chi connectivity index (χ4n) is 1.91. The van der Waals surface area contributed by atoms with Crippen molar-refractivity contribution in [3.05, 3.63) is 16.1 Å². The molecule has 1 aromatic rings. The van der Waals surface area contributed by atoms with E-state index in [1.807, 2.05) is 11.8 Å². The van der Waals surface area contributed by atoms with Crippen LogP contribution in [0.1, 0.15) is 42.0 Å². The Morgan fingerprint density at radius 3 is 2.87 bits per heavy atom. The second-order valence-corrected chi connectivity index (χ2v) is 6.44. The second kappa shape index (κ2) is 5.87. The first-order valence-corrected chi connectivity index (χ1v) is 7.41. The van der Waals surface area contributed by atoms with Crippen molar-refractivity contribution in [2.45, 2.75) is 49.7 Å². The summed E-state index contributed by atoms with van der Waals surface area (Å²) < 4.78 is 0. The van der Waals surface area contributed by atoms with Gasteiger partial charge >= 0.3 is 0 Å². The van der Waals surface area contributed by atoms with Gasteiger partial charge in [0.25, 0.3) is 0 Å². The van der Waals surface area contributed by atoms with Crippen molar-refractivity contribution in [1.29, 1.82) is 0 Å². The Morgan fingerprint density at radius 1 is 1.40 bits per heavy atom. The van der Waals surface area contributed by atoms with Crippen LogP contribution in [-0.2, 0) is 12.4 Å². The molecule has 0 aromatic carbocycles. The zero-order valence-electron chi connectivity index (χ0n) is 8.82. The SMILES string of the molecule is OCc1cnc(CSC2CCCCC2)s1. The standard InChI is InChI=1S/C11H17NOS2/c13-7-10-6-12-11(15-10)8-14-9-4-2-1-3-5-9/h6,9,13H,1-5,7-8H2. The highest BCUT2D eigenvalue weighted by atomic mass is 32.2. The van der Waals surface area contributed by atoms with Gasteiger partial charge in [0.15, 0.2) is 0 Å². The predicted octanol–water partition coefficient (Wildman–Crippen LogP) is 3.20. The quantitative estimate of drug-likeness (QED) is 0.881. The third-order valence-corrected chi connectivity index (χ3v) is 5.30. The van der Waals surface area contributed by atoms with Crippen molar-refractivity contribution in [3.63, 3.8) is 0 Å². The molecule has 84 valence electrons. The van der Waals surface area contributed by atoms with Gasteiger partial charge in [-0.15, -0.1) is 11.3 Å². The van der Waals surface area contributed by atoms with E-state index in [0.29, 0.717) is 0 Å². The molecule has 4 heteroatoms. The molecule has 15 heavy (non-hydrogen) atoms. The van der Waals surface area contributed by atoms with Gasteiger partial charge in [-0.25, -0.2) is 4.98 Å². The molecule has 1 heterocycles.